The molecule has 0 unspecified atom stereocenters. The zero-order valence-corrected chi connectivity index (χ0v) is 12.5. The van der Waals surface area contributed by atoms with E-state index in [0.29, 0.717) is 18.4 Å². The van der Waals surface area contributed by atoms with E-state index in [1.54, 1.807) is 0 Å². The third kappa shape index (κ3) is 4.18. The van der Waals surface area contributed by atoms with Crippen molar-refractivity contribution in [3.05, 3.63) is 47.5 Å². The van der Waals surface area contributed by atoms with E-state index in [1.165, 1.54) is 12.4 Å². The summed E-state index contributed by atoms with van der Waals surface area (Å²) >= 11 is 0. The summed E-state index contributed by atoms with van der Waals surface area (Å²) in [5, 5.41) is 5.12. The molecule has 2 aromatic rings. The van der Waals surface area contributed by atoms with Crippen LogP contribution in [0.25, 0.3) is 0 Å². The summed E-state index contributed by atoms with van der Waals surface area (Å²) in [6.07, 6.45) is 2.51. The van der Waals surface area contributed by atoms with Gasteiger partial charge in [0.05, 0.1) is 11.3 Å². The molecule has 0 atom stereocenters. The zero-order valence-electron chi connectivity index (χ0n) is 12.5. The number of amides is 1. The summed E-state index contributed by atoms with van der Waals surface area (Å²) < 4.78 is 39.5. The normalized spacial score (nSPS) is 10.7. The Morgan fingerprint density at radius 2 is 1.78 bits per heavy atom. The lowest BCUT2D eigenvalue weighted by Crippen LogP contribution is -2.16. The molecular formula is C15H15F3N4O. The third-order valence-corrected chi connectivity index (χ3v) is 2.87. The molecule has 0 aliphatic heterocycles. The maximum atomic E-state index is 13.5. The summed E-state index contributed by atoms with van der Waals surface area (Å²) in [6, 6.07) is 1.66. The highest BCUT2D eigenvalue weighted by atomic mass is 19.2. The van der Waals surface area contributed by atoms with Crippen LogP contribution in [-0.2, 0) is 0 Å². The smallest absolute Gasteiger partial charge is 0.258 e. The van der Waals surface area contributed by atoms with Crippen molar-refractivity contribution in [2.45, 2.75) is 13.8 Å². The number of halogens is 3. The fourth-order valence-electron chi connectivity index (χ4n) is 1.65. The Morgan fingerprint density at radius 1 is 1.13 bits per heavy atom. The van der Waals surface area contributed by atoms with Crippen molar-refractivity contribution < 1.29 is 18.0 Å². The van der Waals surface area contributed by atoms with E-state index in [1.807, 2.05) is 13.8 Å². The first-order chi connectivity index (χ1) is 10.9. The number of hydrogen-bond donors (Lipinski definition) is 2. The lowest BCUT2D eigenvalue weighted by molar-refractivity contribution is 0.102. The minimum absolute atomic E-state index is 0.0595. The van der Waals surface area contributed by atoms with Gasteiger partial charge in [0, 0.05) is 18.9 Å². The second-order valence-electron chi connectivity index (χ2n) is 5.25. The first-order valence-electron chi connectivity index (χ1n) is 6.89. The summed E-state index contributed by atoms with van der Waals surface area (Å²) in [5.41, 5.74) is -0.403. The third-order valence-electron chi connectivity index (χ3n) is 2.87. The SMILES string of the molecule is CC(C)CNc1ncc(C(=O)Nc2ccc(F)c(F)c2F)cn1. The van der Waals surface area contributed by atoms with E-state index >= 15 is 0 Å². The van der Waals surface area contributed by atoms with Crippen molar-refractivity contribution in [3.63, 3.8) is 0 Å². The van der Waals surface area contributed by atoms with Gasteiger partial charge >= 0.3 is 0 Å². The maximum absolute atomic E-state index is 13.5. The van der Waals surface area contributed by atoms with Crippen molar-refractivity contribution in [1.29, 1.82) is 0 Å². The van der Waals surface area contributed by atoms with Crippen molar-refractivity contribution in [2.75, 3.05) is 17.2 Å². The number of rotatable bonds is 5. The average Bonchev–Trinajstić information content (AvgIpc) is 2.54. The Balaban J connectivity index is 2.08. The van der Waals surface area contributed by atoms with E-state index in [2.05, 4.69) is 20.6 Å². The average molecular weight is 324 g/mol. The molecule has 23 heavy (non-hydrogen) atoms. The molecule has 1 amide bonds. The Morgan fingerprint density at radius 3 is 2.39 bits per heavy atom. The van der Waals surface area contributed by atoms with Gasteiger partial charge in [0.2, 0.25) is 5.95 Å². The lowest BCUT2D eigenvalue weighted by Gasteiger charge is -2.09. The van der Waals surface area contributed by atoms with Gasteiger partial charge in [-0.05, 0) is 18.1 Å². The van der Waals surface area contributed by atoms with E-state index in [9.17, 15) is 18.0 Å². The molecule has 0 aliphatic rings. The standard InChI is InChI=1S/C15H15F3N4O/c1-8(2)5-19-15-20-6-9(7-21-15)14(23)22-11-4-3-10(16)12(17)13(11)18/h3-4,6-8H,5H2,1-2H3,(H,22,23)(H,19,20,21). The minimum Gasteiger partial charge on any atom is -0.354 e. The molecule has 122 valence electrons. The van der Waals surface area contributed by atoms with Gasteiger partial charge in [-0.15, -0.1) is 0 Å². The van der Waals surface area contributed by atoms with Crippen LogP contribution < -0.4 is 10.6 Å². The predicted molar refractivity (Wildman–Crippen MR) is 79.6 cm³/mol. The van der Waals surface area contributed by atoms with Crippen molar-refractivity contribution in [1.82, 2.24) is 9.97 Å². The number of benzene rings is 1. The monoisotopic (exact) mass is 324 g/mol. The molecule has 1 aromatic carbocycles. The zero-order chi connectivity index (χ0) is 17.0. The number of carbonyl (C=O) groups is 1. The van der Waals surface area contributed by atoms with Crippen LogP contribution in [-0.4, -0.2) is 22.4 Å². The molecule has 0 aliphatic carbocycles. The Kier molecular flexibility index (Phi) is 5.15. The fourth-order valence-corrected chi connectivity index (χ4v) is 1.65. The van der Waals surface area contributed by atoms with Crippen molar-refractivity contribution in [3.8, 4) is 0 Å². The van der Waals surface area contributed by atoms with Crippen LogP contribution in [0.4, 0.5) is 24.8 Å². The second kappa shape index (κ2) is 7.08. The minimum atomic E-state index is -1.65. The van der Waals surface area contributed by atoms with Gasteiger partial charge in [-0.1, -0.05) is 13.8 Å². The molecule has 8 heteroatoms. The first kappa shape index (κ1) is 16.7. The first-order valence-corrected chi connectivity index (χ1v) is 6.89. The lowest BCUT2D eigenvalue weighted by atomic mass is 10.2. The highest BCUT2D eigenvalue weighted by molar-refractivity contribution is 6.03. The van der Waals surface area contributed by atoms with Crippen LogP contribution in [0.15, 0.2) is 24.5 Å². The molecule has 2 rings (SSSR count). The molecule has 1 aromatic heterocycles. The molecule has 2 N–H and O–H groups in total. The number of nitrogens with one attached hydrogen (secondary N) is 2. The summed E-state index contributed by atoms with van der Waals surface area (Å²) in [6.45, 7) is 4.71. The van der Waals surface area contributed by atoms with Gasteiger partial charge in [-0.2, -0.15) is 0 Å². The number of carbonyl (C=O) groups excluding carboxylic acids is 1. The molecule has 0 bridgehead atoms. The Labute approximate surface area is 131 Å². The Hall–Kier alpha value is -2.64. The fraction of sp³-hybridized carbons (Fsp3) is 0.267. The van der Waals surface area contributed by atoms with Crippen LogP contribution >= 0.6 is 0 Å². The molecule has 0 radical (unpaired) electrons. The summed E-state index contributed by atoms with van der Waals surface area (Å²) in [4.78, 5) is 19.9. The van der Waals surface area contributed by atoms with Gasteiger partial charge < -0.3 is 10.6 Å². The molecule has 5 nitrogen and oxygen atoms in total. The topological polar surface area (TPSA) is 66.9 Å². The van der Waals surface area contributed by atoms with Crippen LogP contribution in [0.3, 0.4) is 0 Å². The number of hydrogen-bond acceptors (Lipinski definition) is 4. The second-order valence-corrected chi connectivity index (χ2v) is 5.25. The molecule has 0 saturated carbocycles. The van der Waals surface area contributed by atoms with Crippen LogP contribution in [0.1, 0.15) is 24.2 Å². The number of anilines is 2. The van der Waals surface area contributed by atoms with Gasteiger partial charge in [-0.3, -0.25) is 4.79 Å². The van der Waals surface area contributed by atoms with Crippen LogP contribution in [0.5, 0.6) is 0 Å². The predicted octanol–water partition coefficient (Wildman–Crippen LogP) is 3.21. The molecule has 0 saturated heterocycles. The van der Waals surface area contributed by atoms with Gasteiger partial charge in [-0.25, -0.2) is 23.1 Å². The molecular weight excluding hydrogens is 309 g/mol. The van der Waals surface area contributed by atoms with Gasteiger partial charge in [0.15, 0.2) is 17.5 Å². The highest BCUT2D eigenvalue weighted by Crippen LogP contribution is 2.20. The molecule has 1 heterocycles. The van der Waals surface area contributed by atoms with Crippen LogP contribution in [0, 0.1) is 23.4 Å². The summed E-state index contributed by atoms with van der Waals surface area (Å²) in [7, 11) is 0. The molecule has 0 fully saturated rings. The van der Waals surface area contributed by atoms with Crippen molar-refractivity contribution >= 4 is 17.5 Å². The van der Waals surface area contributed by atoms with E-state index < -0.39 is 29.0 Å². The summed E-state index contributed by atoms with van der Waals surface area (Å²) in [5.74, 6) is -4.41. The maximum Gasteiger partial charge on any atom is 0.258 e. The van der Waals surface area contributed by atoms with Gasteiger partial charge in [0.25, 0.3) is 5.91 Å². The Bertz CT molecular complexity index is 705. The van der Waals surface area contributed by atoms with Gasteiger partial charge in [0.1, 0.15) is 0 Å². The quantitative estimate of drug-likeness (QED) is 0.829. The van der Waals surface area contributed by atoms with E-state index in [0.717, 1.165) is 12.1 Å². The van der Waals surface area contributed by atoms with E-state index in [4.69, 9.17) is 0 Å². The number of nitrogens with zero attached hydrogens (tertiary/aromatic N) is 2. The van der Waals surface area contributed by atoms with Crippen LogP contribution in [0.2, 0.25) is 0 Å². The van der Waals surface area contributed by atoms with E-state index in [-0.39, 0.29) is 5.56 Å². The van der Waals surface area contributed by atoms with Crippen molar-refractivity contribution in [2.24, 2.45) is 5.92 Å². The highest BCUT2D eigenvalue weighted by Gasteiger charge is 2.16. The largest absolute Gasteiger partial charge is 0.354 e. The molecule has 0 spiro atoms. The number of aromatic nitrogens is 2.